The summed E-state index contributed by atoms with van der Waals surface area (Å²) in [4.78, 5) is 29.5. The van der Waals surface area contributed by atoms with Crippen molar-refractivity contribution in [3.05, 3.63) is 44.0 Å². The van der Waals surface area contributed by atoms with Gasteiger partial charge in [0.2, 0.25) is 0 Å². The number of alkyl halides is 3. The molecule has 1 N–H and O–H groups in total. The third-order valence-corrected chi connectivity index (χ3v) is 2.59. The standard InChI is InChI=1S/C11H6F3N3O3/c1-20-17-8-2-5(4-15)6(11(12,13)14)3-7(8)16-9(18)10(17)19/h2-3H,1H3,(H,16,18). The Morgan fingerprint density at radius 3 is 2.50 bits per heavy atom. The molecule has 0 spiro atoms. The normalized spacial score (nSPS) is 11.3. The topological polar surface area (TPSA) is 87.9 Å². The molecule has 1 aromatic heterocycles. The highest BCUT2D eigenvalue weighted by molar-refractivity contribution is 5.77. The predicted molar refractivity (Wildman–Crippen MR) is 61.0 cm³/mol. The second-order valence-electron chi connectivity index (χ2n) is 3.76. The summed E-state index contributed by atoms with van der Waals surface area (Å²) in [6.45, 7) is 0. The number of benzene rings is 1. The van der Waals surface area contributed by atoms with E-state index in [1.165, 1.54) is 6.07 Å². The van der Waals surface area contributed by atoms with Gasteiger partial charge in [0.25, 0.3) is 0 Å². The van der Waals surface area contributed by atoms with Gasteiger partial charge in [-0.15, -0.1) is 4.73 Å². The fraction of sp³-hybridized carbons (Fsp3) is 0.182. The van der Waals surface area contributed by atoms with Crippen molar-refractivity contribution in [3.63, 3.8) is 0 Å². The molecule has 0 radical (unpaired) electrons. The zero-order chi connectivity index (χ0) is 15.1. The van der Waals surface area contributed by atoms with Crippen molar-refractivity contribution in [2.75, 3.05) is 7.11 Å². The number of nitrogens with zero attached hydrogens (tertiary/aromatic N) is 2. The average Bonchev–Trinajstić information content (AvgIpc) is 2.38. The first-order chi connectivity index (χ1) is 9.29. The van der Waals surface area contributed by atoms with Crippen LogP contribution in [0.25, 0.3) is 11.0 Å². The Morgan fingerprint density at radius 1 is 1.35 bits per heavy atom. The van der Waals surface area contributed by atoms with Crippen molar-refractivity contribution in [2.45, 2.75) is 6.18 Å². The monoisotopic (exact) mass is 285 g/mol. The molecule has 0 saturated carbocycles. The van der Waals surface area contributed by atoms with Crippen molar-refractivity contribution in [1.29, 1.82) is 5.26 Å². The van der Waals surface area contributed by atoms with Crippen LogP contribution in [0.2, 0.25) is 0 Å². The summed E-state index contributed by atoms with van der Waals surface area (Å²) in [7, 11) is 1.07. The SMILES string of the molecule is COn1c(=O)c(=O)[nH]c2cc(C(F)(F)F)c(C#N)cc21. The van der Waals surface area contributed by atoms with E-state index < -0.39 is 28.4 Å². The number of aromatic nitrogens is 2. The summed E-state index contributed by atoms with van der Waals surface area (Å²) in [6.07, 6.45) is -4.76. The van der Waals surface area contributed by atoms with Crippen molar-refractivity contribution < 1.29 is 18.0 Å². The van der Waals surface area contributed by atoms with Gasteiger partial charge in [0.05, 0.1) is 22.7 Å². The number of rotatable bonds is 1. The van der Waals surface area contributed by atoms with Crippen molar-refractivity contribution in [1.82, 2.24) is 9.71 Å². The minimum atomic E-state index is -4.76. The van der Waals surface area contributed by atoms with Gasteiger partial charge in [-0.2, -0.15) is 18.4 Å². The molecule has 9 heteroatoms. The maximum absolute atomic E-state index is 12.8. The van der Waals surface area contributed by atoms with E-state index in [9.17, 15) is 22.8 Å². The minimum absolute atomic E-state index is 0.137. The highest BCUT2D eigenvalue weighted by Gasteiger charge is 2.34. The number of hydrogen-bond donors (Lipinski definition) is 1. The molecule has 0 amide bonds. The van der Waals surface area contributed by atoms with Gasteiger partial charge in [-0.25, -0.2) is 0 Å². The van der Waals surface area contributed by atoms with Crippen LogP contribution in [0.15, 0.2) is 21.7 Å². The first-order valence-corrected chi connectivity index (χ1v) is 5.14. The maximum Gasteiger partial charge on any atom is 0.417 e. The molecule has 0 aliphatic carbocycles. The highest BCUT2D eigenvalue weighted by atomic mass is 19.4. The van der Waals surface area contributed by atoms with Gasteiger partial charge in [0, 0.05) is 0 Å². The molecule has 1 aromatic carbocycles. The number of nitriles is 1. The third kappa shape index (κ3) is 2.01. The van der Waals surface area contributed by atoms with E-state index in [2.05, 4.69) is 4.84 Å². The molecular weight excluding hydrogens is 279 g/mol. The molecule has 104 valence electrons. The molecule has 1 heterocycles. The van der Waals surface area contributed by atoms with E-state index in [4.69, 9.17) is 5.26 Å². The molecule has 2 rings (SSSR count). The number of hydrogen-bond acceptors (Lipinski definition) is 4. The van der Waals surface area contributed by atoms with Crippen LogP contribution in [0.5, 0.6) is 0 Å². The van der Waals surface area contributed by atoms with E-state index in [0.717, 1.165) is 13.2 Å². The van der Waals surface area contributed by atoms with Gasteiger partial charge in [-0.05, 0) is 12.1 Å². The number of aromatic amines is 1. The minimum Gasteiger partial charge on any atom is -0.413 e. The molecule has 20 heavy (non-hydrogen) atoms. The lowest BCUT2D eigenvalue weighted by atomic mass is 10.1. The molecule has 0 aliphatic heterocycles. The van der Waals surface area contributed by atoms with Crippen LogP contribution in [0.4, 0.5) is 13.2 Å². The molecule has 6 nitrogen and oxygen atoms in total. The quantitative estimate of drug-likeness (QED) is 0.779. The zero-order valence-corrected chi connectivity index (χ0v) is 9.91. The van der Waals surface area contributed by atoms with Gasteiger partial charge in [0.1, 0.15) is 12.6 Å². The van der Waals surface area contributed by atoms with Gasteiger partial charge in [-0.3, -0.25) is 9.59 Å². The van der Waals surface area contributed by atoms with Crippen LogP contribution < -0.4 is 16.0 Å². The van der Waals surface area contributed by atoms with E-state index >= 15 is 0 Å². The van der Waals surface area contributed by atoms with Crippen LogP contribution >= 0.6 is 0 Å². The Morgan fingerprint density at radius 2 is 2.00 bits per heavy atom. The van der Waals surface area contributed by atoms with Crippen molar-refractivity contribution >= 4 is 11.0 Å². The van der Waals surface area contributed by atoms with Crippen molar-refractivity contribution in [3.8, 4) is 6.07 Å². The first kappa shape index (κ1) is 13.7. The summed E-state index contributed by atoms with van der Waals surface area (Å²) in [6, 6.07) is 2.82. The lowest BCUT2D eigenvalue weighted by molar-refractivity contribution is -0.137. The van der Waals surface area contributed by atoms with E-state index in [-0.39, 0.29) is 11.0 Å². The lowest BCUT2D eigenvalue weighted by Gasteiger charge is -2.12. The molecule has 0 unspecified atom stereocenters. The Balaban J connectivity index is 3.00. The van der Waals surface area contributed by atoms with Gasteiger partial charge in [0.15, 0.2) is 0 Å². The van der Waals surface area contributed by atoms with Gasteiger partial charge >= 0.3 is 17.3 Å². The molecule has 0 bridgehead atoms. The second-order valence-corrected chi connectivity index (χ2v) is 3.76. The van der Waals surface area contributed by atoms with E-state index in [1.807, 2.05) is 4.98 Å². The molecular formula is C11H6F3N3O3. The smallest absolute Gasteiger partial charge is 0.413 e. The fourth-order valence-corrected chi connectivity index (χ4v) is 1.74. The van der Waals surface area contributed by atoms with Crippen LogP contribution in [0.1, 0.15) is 11.1 Å². The molecule has 0 fully saturated rings. The molecule has 0 saturated heterocycles. The number of H-pyrrole nitrogens is 1. The van der Waals surface area contributed by atoms with E-state index in [1.54, 1.807) is 0 Å². The number of fused-ring (bicyclic) bond motifs is 1. The summed E-state index contributed by atoms with van der Waals surface area (Å²) >= 11 is 0. The zero-order valence-electron chi connectivity index (χ0n) is 9.91. The Bertz CT molecular complexity index is 843. The molecule has 2 aromatic rings. The van der Waals surface area contributed by atoms with Crippen LogP contribution in [-0.2, 0) is 6.18 Å². The second kappa shape index (κ2) is 4.41. The maximum atomic E-state index is 12.8. The number of halogens is 3. The highest BCUT2D eigenvalue weighted by Crippen LogP contribution is 2.33. The van der Waals surface area contributed by atoms with Crippen LogP contribution in [-0.4, -0.2) is 16.8 Å². The molecule has 0 atom stereocenters. The number of nitrogens with one attached hydrogen (secondary N) is 1. The van der Waals surface area contributed by atoms with Gasteiger partial charge in [-0.1, -0.05) is 0 Å². The van der Waals surface area contributed by atoms with Crippen molar-refractivity contribution in [2.24, 2.45) is 0 Å². The summed E-state index contributed by atoms with van der Waals surface area (Å²) in [5, 5.41) is 8.78. The van der Waals surface area contributed by atoms with E-state index in [0.29, 0.717) is 10.8 Å². The first-order valence-electron chi connectivity index (χ1n) is 5.14. The lowest BCUT2D eigenvalue weighted by Crippen LogP contribution is -2.38. The third-order valence-electron chi connectivity index (χ3n) is 2.59. The summed E-state index contributed by atoms with van der Waals surface area (Å²) in [5.74, 6) is 0. The molecule has 0 aliphatic rings. The van der Waals surface area contributed by atoms with Crippen LogP contribution in [0.3, 0.4) is 0 Å². The largest absolute Gasteiger partial charge is 0.417 e. The predicted octanol–water partition coefficient (Wildman–Crippen LogP) is 0.639. The van der Waals surface area contributed by atoms with Gasteiger partial charge < -0.3 is 9.82 Å². The Hall–Kier alpha value is -2.76. The fourth-order valence-electron chi connectivity index (χ4n) is 1.74. The summed E-state index contributed by atoms with van der Waals surface area (Å²) < 4.78 is 38.9. The van der Waals surface area contributed by atoms with Crippen LogP contribution in [0, 0.1) is 11.3 Å². The Kier molecular flexibility index (Phi) is 3.01. The summed E-state index contributed by atoms with van der Waals surface area (Å²) in [5.41, 5.74) is -4.50. The Labute approximate surface area is 108 Å². The average molecular weight is 285 g/mol.